The minimum Gasteiger partial charge on any atom is -0.512 e. The van der Waals surface area contributed by atoms with Crippen LogP contribution in [0.5, 0.6) is 0 Å². The third-order valence-electron chi connectivity index (χ3n) is 9.43. The van der Waals surface area contributed by atoms with E-state index in [1.807, 2.05) is 59.9 Å². The van der Waals surface area contributed by atoms with Gasteiger partial charge in [-0.1, -0.05) is 109 Å². The predicted molar refractivity (Wildman–Crippen MR) is 194 cm³/mol. The van der Waals surface area contributed by atoms with E-state index in [1.54, 1.807) is 6.07 Å². The van der Waals surface area contributed by atoms with Crippen molar-refractivity contribution in [1.82, 2.24) is 4.98 Å². The number of aliphatic hydroxyl groups is 1. The Morgan fingerprint density at radius 2 is 1.57 bits per heavy atom. The Labute approximate surface area is 295 Å². The second-order valence-corrected chi connectivity index (χ2v) is 14.6. The van der Waals surface area contributed by atoms with Crippen LogP contribution < -0.4 is 0 Å². The molecule has 0 saturated carbocycles. The summed E-state index contributed by atoms with van der Waals surface area (Å²) in [6, 6.07) is 25.9. The van der Waals surface area contributed by atoms with Crippen molar-refractivity contribution in [1.29, 1.82) is 0 Å². The minimum absolute atomic E-state index is 0. The molecule has 1 radical (unpaired) electrons. The number of hydrogen-bond donors (Lipinski definition) is 1. The number of halogens is 1. The molecule has 1 N–H and O–H groups in total. The van der Waals surface area contributed by atoms with Gasteiger partial charge in [0.1, 0.15) is 11.6 Å². The van der Waals surface area contributed by atoms with Gasteiger partial charge in [-0.05, 0) is 47.1 Å². The molecule has 2 aromatic heterocycles. The summed E-state index contributed by atoms with van der Waals surface area (Å²) in [4.78, 5) is 16.6. The fourth-order valence-electron chi connectivity index (χ4n) is 5.43. The Bertz CT molecular complexity index is 2110. The predicted octanol–water partition coefficient (Wildman–Crippen LogP) is 12.4. The van der Waals surface area contributed by atoms with Gasteiger partial charge in [-0.25, -0.2) is 4.39 Å². The van der Waals surface area contributed by atoms with Crippen molar-refractivity contribution < 1.29 is 34.4 Å². The van der Waals surface area contributed by atoms with Gasteiger partial charge in [-0.2, -0.15) is 0 Å². The van der Waals surface area contributed by atoms with E-state index in [-0.39, 0.29) is 48.3 Å². The number of carbonyl (C=O) groups excluding carboxylic acids is 1. The number of ketones is 1. The normalized spacial score (nSPS) is 12.4. The molecule has 6 rings (SSSR count). The first kappa shape index (κ1) is 36.4. The van der Waals surface area contributed by atoms with Crippen molar-refractivity contribution >= 4 is 58.8 Å². The van der Waals surface area contributed by atoms with E-state index in [0.29, 0.717) is 10.6 Å². The molecule has 0 saturated heterocycles. The number of allylic oxidation sites excluding steroid dienone is 2. The van der Waals surface area contributed by atoms with E-state index in [0.717, 1.165) is 45.0 Å². The van der Waals surface area contributed by atoms with E-state index < -0.39 is 0 Å². The first-order chi connectivity index (χ1) is 21.8. The molecule has 0 fully saturated rings. The SMILES string of the molecule is CC(C)c1cc(-c2nccc3c2sc2c(F)cccc23)[c-]c2ccc3ccccc3c12.CCC(C)(C)C(=O)/C=C(\O)C(C)(C)CC.[Ir]. The molecular weight excluding hydrogens is 782 g/mol. The maximum absolute atomic E-state index is 14.5. The average molecular weight is 825 g/mol. The molecule has 0 spiro atoms. The van der Waals surface area contributed by atoms with E-state index >= 15 is 0 Å². The van der Waals surface area contributed by atoms with Crippen molar-refractivity contribution in [2.24, 2.45) is 10.8 Å². The van der Waals surface area contributed by atoms with E-state index in [2.05, 4.69) is 62.4 Å². The molecule has 0 aliphatic rings. The summed E-state index contributed by atoms with van der Waals surface area (Å²) in [7, 11) is 0. The van der Waals surface area contributed by atoms with Crippen LogP contribution in [0.15, 0.2) is 84.8 Å². The Morgan fingerprint density at radius 3 is 2.26 bits per heavy atom. The van der Waals surface area contributed by atoms with Gasteiger partial charge in [0.25, 0.3) is 0 Å². The molecular formula is C41H43FIrNO2S-. The molecule has 3 nitrogen and oxygen atoms in total. The second kappa shape index (κ2) is 14.4. The van der Waals surface area contributed by atoms with Gasteiger partial charge < -0.3 is 5.11 Å². The zero-order valence-electron chi connectivity index (χ0n) is 28.4. The smallest absolute Gasteiger partial charge is 0.164 e. The molecule has 0 aliphatic carbocycles. The molecule has 0 atom stereocenters. The van der Waals surface area contributed by atoms with Gasteiger partial charge in [0.05, 0.1) is 4.70 Å². The number of carbonyl (C=O) groups is 1. The van der Waals surface area contributed by atoms with Gasteiger partial charge in [0.2, 0.25) is 0 Å². The Hall–Kier alpha value is -3.44. The fraction of sp³-hybridized carbons (Fsp3) is 0.317. The van der Waals surface area contributed by atoms with Crippen LogP contribution >= 0.6 is 11.3 Å². The van der Waals surface area contributed by atoms with Crippen molar-refractivity contribution in [2.45, 2.75) is 74.1 Å². The number of rotatable bonds is 7. The molecule has 47 heavy (non-hydrogen) atoms. The molecule has 0 unspecified atom stereocenters. The number of thiophene rings is 1. The van der Waals surface area contributed by atoms with Crippen LogP contribution in [0.1, 0.15) is 79.7 Å². The summed E-state index contributed by atoms with van der Waals surface area (Å²) in [6.45, 7) is 16.1. The number of hydrogen-bond acceptors (Lipinski definition) is 4. The van der Waals surface area contributed by atoms with Crippen LogP contribution in [0.2, 0.25) is 0 Å². The minimum atomic E-state index is -0.377. The average Bonchev–Trinajstić information content (AvgIpc) is 3.44. The maximum Gasteiger partial charge on any atom is 0.164 e. The monoisotopic (exact) mass is 825 g/mol. The summed E-state index contributed by atoms with van der Waals surface area (Å²) in [6.07, 6.45) is 4.81. The van der Waals surface area contributed by atoms with Crippen LogP contribution in [0.4, 0.5) is 4.39 Å². The van der Waals surface area contributed by atoms with Crippen molar-refractivity contribution in [3.05, 3.63) is 102 Å². The van der Waals surface area contributed by atoms with E-state index in [4.69, 9.17) is 4.98 Å². The molecule has 6 aromatic rings. The summed E-state index contributed by atoms with van der Waals surface area (Å²) in [5.74, 6) is 0.364. The fourth-order valence-corrected chi connectivity index (χ4v) is 6.64. The van der Waals surface area contributed by atoms with Gasteiger partial charge in [0, 0.05) is 59.0 Å². The Balaban J connectivity index is 0.000000269. The van der Waals surface area contributed by atoms with Crippen LogP contribution in [-0.4, -0.2) is 15.9 Å². The maximum atomic E-state index is 14.5. The molecule has 0 aliphatic heterocycles. The Kier molecular flexibility index (Phi) is 11.1. The number of nitrogens with zero attached hydrogens (tertiary/aromatic N) is 1. The van der Waals surface area contributed by atoms with Gasteiger partial charge in [-0.15, -0.1) is 40.5 Å². The van der Waals surface area contributed by atoms with Gasteiger partial charge >= 0.3 is 0 Å². The first-order valence-electron chi connectivity index (χ1n) is 16.1. The quantitative estimate of drug-likeness (QED) is 0.0755. The zero-order valence-corrected chi connectivity index (χ0v) is 31.6. The number of benzene rings is 4. The molecule has 0 amide bonds. The van der Waals surface area contributed by atoms with E-state index in [1.165, 1.54) is 45.2 Å². The van der Waals surface area contributed by atoms with Crippen LogP contribution in [0, 0.1) is 22.7 Å². The van der Waals surface area contributed by atoms with Crippen LogP contribution in [0.25, 0.3) is 53.0 Å². The number of fused-ring (bicyclic) bond motifs is 6. The summed E-state index contributed by atoms with van der Waals surface area (Å²) >= 11 is 1.47. The standard InChI is InChI=1S/C28H19FNS.C13H24O2.Ir/c1-16(2)23-15-19(14-18-11-10-17-6-3-4-7-20(17)25(18)23)26-28-22(12-13-30-26)21-8-5-9-24(29)27(21)31-28;1-7-12(3,4)10(14)9-11(15)13(5,6)8-2;/h3-13,15-16H,1-2H3;9,14H,7-8H2,1-6H3;/q-1;;/b;10-9-;. The van der Waals surface area contributed by atoms with Crippen LogP contribution in [0.3, 0.4) is 0 Å². The number of aliphatic hydroxyl groups excluding tert-OH is 1. The van der Waals surface area contributed by atoms with Gasteiger partial charge in [-0.3, -0.25) is 9.78 Å². The largest absolute Gasteiger partial charge is 0.512 e. The molecule has 6 heteroatoms. The van der Waals surface area contributed by atoms with Crippen LogP contribution in [-0.2, 0) is 24.9 Å². The summed E-state index contributed by atoms with van der Waals surface area (Å²) in [5, 5.41) is 16.7. The zero-order chi connectivity index (χ0) is 33.4. The van der Waals surface area contributed by atoms with E-state index in [9.17, 15) is 14.3 Å². The first-order valence-corrected chi connectivity index (χ1v) is 16.9. The van der Waals surface area contributed by atoms with Gasteiger partial charge in [0.15, 0.2) is 5.78 Å². The van der Waals surface area contributed by atoms with Crippen molar-refractivity contribution in [2.75, 3.05) is 0 Å². The molecule has 0 bridgehead atoms. The summed E-state index contributed by atoms with van der Waals surface area (Å²) < 4.78 is 16.2. The molecule has 2 heterocycles. The second-order valence-electron chi connectivity index (χ2n) is 13.6. The third kappa shape index (κ3) is 7.21. The number of aromatic nitrogens is 1. The van der Waals surface area contributed by atoms with Crippen molar-refractivity contribution in [3.63, 3.8) is 0 Å². The number of pyridine rings is 1. The molecule has 247 valence electrons. The third-order valence-corrected chi connectivity index (χ3v) is 10.7. The molecule has 4 aromatic carbocycles. The summed E-state index contributed by atoms with van der Waals surface area (Å²) in [5.41, 5.74) is 2.43. The van der Waals surface area contributed by atoms with Crippen molar-refractivity contribution in [3.8, 4) is 11.3 Å². The Morgan fingerprint density at radius 1 is 0.915 bits per heavy atom. The topological polar surface area (TPSA) is 50.2 Å².